The first-order valence-electron chi connectivity index (χ1n) is 28.3. The summed E-state index contributed by atoms with van der Waals surface area (Å²) >= 11 is 0. The van der Waals surface area contributed by atoms with Crippen molar-refractivity contribution in [2.45, 2.75) is 232 Å². The van der Waals surface area contributed by atoms with E-state index in [-0.39, 0.29) is 44.0 Å². The van der Waals surface area contributed by atoms with Gasteiger partial charge in [0, 0.05) is 19.3 Å². The van der Waals surface area contributed by atoms with Crippen molar-refractivity contribution in [3.05, 3.63) is 146 Å². The van der Waals surface area contributed by atoms with E-state index in [0.29, 0.717) is 19.3 Å². The highest BCUT2D eigenvalue weighted by Crippen LogP contribution is 2.13. The third-order valence-corrected chi connectivity index (χ3v) is 11.3. The number of hydrogen-bond acceptors (Lipinski definition) is 6. The van der Waals surface area contributed by atoms with Crippen molar-refractivity contribution in [2.75, 3.05) is 13.2 Å². The van der Waals surface area contributed by atoms with Crippen LogP contribution in [-0.4, -0.2) is 37.2 Å². The second kappa shape index (κ2) is 57.9. The van der Waals surface area contributed by atoms with Crippen LogP contribution < -0.4 is 0 Å². The van der Waals surface area contributed by atoms with Gasteiger partial charge >= 0.3 is 17.9 Å². The van der Waals surface area contributed by atoms with Crippen molar-refractivity contribution in [3.8, 4) is 0 Å². The highest BCUT2D eigenvalue weighted by Gasteiger charge is 2.19. The summed E-state index contributed by atoms with van der Waals surface area (Å²) in [5.74, 6) is -1.05. The lowest BCUT2D eigenvalue weighted by Gasteiger charge is -2.18. The van der Waals surface area contributed by atoms with Gasteiger partial charge in [0.05, 0.1) is 0 Å². The van der Waals surface area contributed by atoms with Gasteiger partial charge in [-0.2, -0.15) is 0 Å². The van der Waals surface area contributed by atoms with E-state index in [1.807, 2.05) is 12.2 Å². The van der Waals surface area contributed by atoms with Crippen LogP contribution in [0.1, 0.15) is 226 Å². The van der Waals surface area contributed by atoms with E-state index >= 15 is 0 Å². The molecule has 0 fully saturated rings. The minimum Gasteiger partial charge on any atom is -0.462 e. The summed E-state index contributed by atoms with van der Waals surface area (Å²) in [5.41, 5.74) is 0. The molecule has 6 nitrogen and oxygen atoms in total. The number of allylic oxidation sites excluding steroid dienone is 24. The van der Waals surface area contributed by atoms with Gasteiger partial charge < -0.3 is 14.2 Å². The Morgan fingerprint density at radius 1 is 0.296 bits per heavy atom. The summed E-state index contributed by atoms with van der Waals surface area (Å²) in [6, 6.07) is 0. The Morgan fingerprint density at radius 2 is 0.577 bits per heavy atom. The standard InChI is InChI=1S/C65H102O6/c1-4-7-10-13-16-19-22-25-28-30-32-34-37-40-43-46-49-52-55-58-64(67)70-61-62(60-69-63(66)57-54-51-48-45-42-39-36-27-24-21-18-15-12-9-6-3)71-65(68)59-56-53-50-47-44-41-38-35-33-31-29-26-23-20-17-14-11-8-5-2/h7-8,10-11,16-17,19-21,24-26,28-29,32-35,40-41,43-44,49,52,62H,4-6,9,12-15,18,22-23,27,30-31,36-39,42,45-48,50-51,53-61H2,1-3H3/b10-7-,11-8-,19-16-,20-17-,24-21-,28-25-,29-26-,34-32-,35-33-,43-40-,44-41-,52-49-. The number of esters is 3. The molecule has 6 heteroatoms. The van der Waals surface area contributed by atoms with Gasteiger partial charge in [-0.3, -0.25) is 14.4 Å². The summed E-state index contributed by atoms with van der Waals surface area (Å²) in [7, 11) is 0. The predicted molar refractivity (Wildman–Crippen MR) is 306 cm³/mol. The molecule has 0 saturated heterocycles. The highest BCUT2D eigenvalue weighted by molar-refractivity contribution is 5.71. The smallest absolute Gasteiger partial charge is 0.306 e. The Morgan fingerprint density at radius 3 is 0.972 bits per heavy atom. The topological polar surface area (TPSA) is 78.9 Å². The molecule has 0 aliphatic rings. The van der Waals surface area contributed by atoms with Crippen LogP contribution in [0.25, 0.3) is 0 Å². The van der Waals surface area contributed by atoms with Crippen LogP contribution in [0.3, 0.4) is 0 Å². The summed E-state index contributed by atoms with van der Waals surface area (Å²) < 4.78 is 16.8. The van der Waals surface area contributed by atoms with E-state index in [1.54, 1.807) is 0 Å². The molecular weight excluding hydrogens is 877 g/mol. The minimum atomic E-state index is -0.835. The molecule has 0 aromatic heterocycles. The molecule has 0 aliphatic carbocycles. The summed E-state index contributed by atoms with van der Waals surface area (Å²) in [5, 5.41) is 0. The van der Waals surface area contributed by atoms with Crippen LogP contribution in [0, 0.1) is 0 Å². The average Bonchev–Trinajstić information content (AvgIpc) is 3.37. The first-order valence-corrected chi connectivity index (χ1v) is 28.3. The number of carbonyl (C=O) groups is 3. The molecule has 398 valence electrons. The van der Waals surface area contributed by atoms with E-state index in [4.69, 9.17) is 14.2 Å². The molecule has 0 N–H and O–H groups in total. The molecule has 0 saturated carbocycles. The van der Waals surface area contributed by atoms with Crippen LogP contribution in [0.2, 0.25) is 0 Å². The van der Waals surface area contributed by atoms with E-state index in [9.17, 15) is 14.4 Å². The monoisotopic (exact) mass is 979 g/mol. The van der Waals surface area contributed by atoms with Gasteiger partial charge in [-0.15, -0.1) is 0 Å². The van der Waals surface area contributed by atoms with Crippen LogP contribution in [0.15, 0.2) is 146 Å². The predicted octanol–water partition coefficient (Wildman–Crippen LogP) is 19.2. The molecule has 0 aromatic carbocycles. The van der Waals surface area contributed by atoms with Crippen LogP contribution in [0.4, 0.5) is 0 Å². The molecule has 0 aromatic rings. The van der Waals surface area contributed by atoms with Gasteiger partial charge in [-0.25, -0.2) is 0 Å². The Labute approximate surface area is 436 Å². The van der Waals surface area contributed by atoms with Gasteiger partial charge in [0.1, 0.15) is 13.2 Å². The largest absolute Gasteiger partial charge is 0.462 e. The fraction of sp³-hybridized carbons (Fsp3) is 0.585. The van der Waals surface area contributed by atoms with Gasteiger partial charge in [0.15, 0.2) is 6.10 Å². The molecule has 0 spiro atoms. The molecule has 0 radical (unpaired) electrons. The van der Waals surface area contributed by atoms with E-state index in [2.05, 4.69) is 154 Å². The SMILES string of the molecule is CC/C=C\C/C=C\C/C=C\C/C=C\C/C=C\C/C=C\CCC(=O)OCC(COC(=O)CCCCCCCCC/C=C\CCCCCC)OC(=O)CCCCC/C=C\C/C=C\C/C=C\C/C=C\C/C=C\CC. The van der Waals surface area contributed by atoms with Crippen molar-refractivity contribution in [3.63, 3.8) is 0 Å². The minimum absolute atomic E-state index is 0.123. The van der Waals surface area contributed by atoms with E-state index < -0.39 is 6.10 Å². The first kappa shape index (κ1) is 66.3. The molecule has 0 aliphatic heterocycles. The molecule has 0 amide bonds. The quantitative estimate of drug-likeness (QED) is 0.0262. The normalized spacial score (nSPS) is 13.2. The third kappa shape index (κ3) is 56.1. The molecule has 0 bridgehead atoms. The van der Waals surface area contributed by atoms with Gasteiger partial charge in [-0.05, 0) is 128 Å². The zero-order valence-corrected chi connectivity index (χ0v) is 45.4. The molecular formula is C65H102O6. The maximum absolute atomic E-state index is 12.9. The van der Waals surface area contributed by atoms with Crippen LogP contribution in [0.5, 0.6) is 0 Å². The Bertz CT molecular complexity index is 1590. The van der Waals surface area contributed by atoms with Gasteiger partial charge in [0.25, 0.3) is 0 Å². The number of unbranched alkanes of at least 4 members (excludes halogenated alkanes) is 14. The van der Waals surface area contributed by atoms with Gasteiger partial charge in [0.2, 0.25) is 0 Å². The Balaban J connectivity index is 4.60. The molecule has 1 atom stereocenters. The summed E-state index contributed by atoms with van der Waals surface area (Å²) in [4.78, 5) is 38.1. The Kier molecular flexibility index (Phi) is 54.0. The fourth-order valence-corrected chi connectivity index (χ4v) is 7.13. The maximum atomic E-state index is 12.9. The van der Waals surface area contributed by atoms with Crippen molar-refractivity contribution in [1.82, 2.24) is 0 Å². The lowest BCUT2D eigenvalue weighted by Crippen LogP contribution is -2.30. The zero-order chi connectivity index (χ0) is 51.4. The first-order chi connectivity index (χ1) is 35.0. The highest BCUT2D eigenvalue weighted by atomic mass is 16.6. The average molecular weight is 980 g/mol. The number of ether oxygens (including phenoxy) is 3. The van der Waals surface area contributed by atoms with Crippen LogP contribution in [-0.2, 0) is 28.6 Å². The fourth-order valence-electron chi connectivity index (χ4n) is 7.13. The van der Waals surface area contributed by atoms with Crippen LogP contribution >= 0.6 is 0 Å². The zero-order valence-electron chi connectivity index (χ0n) is 45.4. The van der Waals surface area contributed by atoms with Crippen molar-refractivity contribution in [1.29, 1.82) is 0 Å². The number of hydrogen-bond donors (Lipinski definition) is 0. The van der Waals surface area contributed by atoms with Crippen molar-refractivity contribution < 1.29 is 28.6 Å². The second-order valence-corrected chi connectivity index (χ2v) is 18.1. The maximum Gasteiger partial charge on any atom is 0.306 e. The molecule has 1 unspecified atom stereocenters. The van der Waals surface area contributed by atoms with Crippen molar-refractivity contribution in [2.24, 2.45) is 0 Å². The number of rotatable bonds is 49. The summed E-state index contributed by atoms with van der Waals surface area (Å²) in [6.45, 7) is 6.29. The molecule has 0 heterocycles. The lowest BCUT2D eigenvalue weighted by molar-refractivity contribution is -0.166. The van der Waals surface area contributed by atoms with E-state index in [1.165, 1.54) is 64.2 Å². The lowest BCUT2D eigenvalue weighted by atomic mass is 10.1. The Hall–Kier alpha value is -4.71. The van der Waals surface area contributed by atoms with E-state index in [0.717, 1.165) is 109 Å². The summed E-state index contributed by atoms with van der Waals surface area (Å²) in [6.07, 6.45) is 82.7. The number of carbonyl (C=O) groups excluding carboxylic acids is 3. The van der Waals surface area contributed by atoms with Crippen molar-refractivity contribution >= 4 is 17.9 Å². The second-order valence-electron chi connectivity index (χ2n) is 18.1. The molecule has 0 rings (SSSR count). The molecule has 71 heavy (non-hydrogen) atoms. The van der Waals surface area contributed by atoms with Gasteiger partial charge in [-0.1, -0.05) is 224 Å². The third-order valence-electron chi connectivity index (χ3n) is 11.3.